The average molecular weight is 484 g/mol. The molecule has 5 rings (SSSR count). The van der Waals surface area contributed by atoms with Crippen LogP contribution < -0.4 is 15.1 Å². The van der Waals surface area contributed by atoms with Crippen LogP contribution in [-0.2, 0) is 14.5 Å². The average Bonchev–Trinajstić information content (AvgIpc) is 3.57. The van der Waals surface area contributed by atoms with Crippen molar-refractivity contribution in [3.05, 3.63) is 42.0 Å². The Morgan fingerprint density at radius 1 is 1.15 bits per heavy atom. The summed E-state index contributed by atoms with van der Waals surface area (Å²) in [5.74, 6) is 1.06. The summed E-state index contributed by atoms with van der Waals surface area (Å²) in [6, 6.07) is 10.7. The molecule has 2 atom stereocenters. The van der Waals surface area contributed by atoms with Gasteiger partial charge in [0, 0.05) is 37.3 Å². The molecule has 1 spiro atoms. The van der Waals surface area contributed by atoms with Crippen molar-refractivity contribution in [2.45, 2.75) is 43.6 Å². The third-order valence-corrected chi connectivity index (χ3v) is 8.48. The molecule has 182 valence electrons. The van der Waals surface area contributed by atoms with E-state index in [2.05, 4.69) is 20.1 Å². The van der Waals surface area contributed by atoms with Crippen LogP contribution in [0.1, 0.15) is 43.0 Å². The van der Waals surface area contributed by atoms with Gasteiger partial charge in [0.05, 0.1) is 33.7 Å². The highest BCUT2D eigenvalue weighted by Crippen LogP contribution is 2.54. The monoisotopic (exact) mass is 483 g/mol. The van der Waals surface area contributed by atoms with Gasteiger partial charge < -0.3 is 19.9 Å². The Bertz CT molecular complexity index is 1180. The van der Waals surface area contributed by atoms with Crippen molar-refractivity contribution in [1.29, 1.82) is 4.78 Å². The van der Waals surface area contributed by atoms with Crippen molar-refractivity contribution in [3.8, 4) is 0 Å². The van der Waals surface area contributed by atoms with Crippen molar-refractivity contribution >= 4 is 33.0 Å². The van der Waals surface area contributed by atoms with Crippen molar-refractivity contribution < 1.29 is 13.7 Å². The molecule has 2 aliphatic heterocycles. The molecule has 1 amide bonds. The van der Waals surface area contributed by atoms with Crippen LogP contribution in [0.5, 0.6) is 0 Å². The number of piperidine rings is 1. The quantitative estimate of drug-likeness (QED) is 0.668. The van der Waals surface area contributed by atoms with E-state index in [1.54, 1.807) is 24.3 Å². The van der Waals surface area contributed by atoms with Gasteiger partial charge in [-0.1, -0.05) is 6.07 Å². The summed E-state index contributed by atoms with van der Waals surface area (Å²) in [4.78, 5) is 22.9. The number of hydrogen-bond acceptors (Lipinski definition) is 7. The zero-order valence-corrected chi connectivity index (χ0v) is 20.7. The molecular formula is C25H33N5O3S. The van der Waals surface area contributed by atoms with E-state index >= 15 is 0 Å². The molecule has 2 N–H and O–H groups in total. The smallest absolute Gasteiger partial charge is 0.258 e. The molecule has 1 saturated carbocycles. The number of carbonyl (C=O) groups excluding carboxylic acids is 1. The van der Waals surface area contributed by atoms with Gasteiger partial charge in [-0.3, -0.25) is 4.79 Å². The number of anilines is 3. The number of aromatic nitrogens is 1. The summed E-state index contributed by atoms with van der Waals surface area (Å²) < 4.78 is 26.1. The van der Waals surface area contributed by atoms with Crippen molar-refractivity contribution in [1.82, 2.24) is 4.98 Å². The van der Waals surface area contributed by atoms with Crippen molar-refractivity contribution in [2.24, 2.45) is 5.41 Å². The molecule has 1 aromatic heterocycles. The summed E-state index contributed by atoms with van der Waals surface area (Å²) in [6.45, 7) is 5.96. The van der Waals surface area contributed by atoms with Crippen LogP contribution in [0.3, 0.4) is 0 Å². The van der Waals surface area contributed by atoms with Gasteiger partial charge in [0.25, 0.3) is 5.91 Å². The summed E-state index contributed by atoms with van der Waals surface area (Å²) in [5, 5.41) is 2.96. The number of pyridine rings is 1. The Morgan fingerprint density at radius 3 is 2.59 bits per heavy atom. The number of rotatable bonds is 5. The molecule has 2 aromatic rings. The molecule has 3 fully saturated rings. The molecule has 1 unspecified atom stereocenters. The van der Waals surface area contributed by atoms with Gasteiger partial charge in [-0.15, -0.1) is 0 Å². The first-order valence-electron chi connectivity index (χ1n) is 12.0. The summed E-state index contributed by atoms with van der Waals surface area (Å²) in [6.07, 6.45) is 6.38. The molecule has 9 heteroatoms. The van der Waals surface area contributed by atoms with Crippen LogP contribution in [0.25, 0.3) is 0 Å². The largest absolute Gasteiger partial charge is 0.375 e. The van der Waals surface area contributed by atoms with Crippen LogP contribution in [0.2, 0.25) is 0 Å². The van der Waals surface area contributed by atoms with Gasteiger partial charge in [-0.25, -0.2) is 14.0 Å². The Morgan fingerprint density at radius 2 is 1.91 bits per heavy atom. The van der Waals surface area contributed by atoms with Gasteiger partial charge >= 0.3 is 0 Å². The topological polar surface area (TPSA) is 98.6 Å². The lowest BCUT2D eigenvalue weighted by atomic mass is 9.93. The maximum atomic E-state index is 13.4. The molecule has 34 heavy (non-hydrogen) atoms. The number of benzene rings is 1. The zero-order chi connectivity index (χ0) is 23.9. The maximum Gasteiger partial charge on any atom is 0.258 e. The molecule has 8 nitrogen and oxygen atoms in total. The number of nitrogens with zero attached hydrogens (tertiary/aromatic N) is 3. The lowest BCUT2D eigenvalue weighted by molar-refractivity contribution is 0.0529. The molecule has 0 bridgehead atoms. The van der Waals surface area contributed by atoms with E-state index in [0.29, 0.717) is 28.3 Å². The van der Waals surface area contributed by atoms with Gasteiger partial charge in [-0.05, 0) is 68.4 Å². The first-order valence-corrected chi connectivity index (χ1v) is 14.0. The molecule has 0 radical (unpaired) electrons. The molecule has 1 aromatic carbocycles. The fraction of sp³-hybridized carbons (Fsp3) is 0.520. The number of amides is 1. The SMILES string of the molecule is C[C@@H]1CN(c2cccc(NC(=O)c3ccc(S(C)(=N)=O)cc3N3CCC4(CC3)CC4)n2)CCO1. The third-order valence-electron chi connectivity index (χ3n) is 7.33. The predicted octanol–water partition coefficient (Wildman–Crippen LogP) is 3.97. The minimum atomic E-state index is -2.88. The first-order chi connectivity index (χ1) is 16.2. The Balaban J connectivity index is 1.39. The van der Waals surface area contributed by atoms with Crippen LogP contribution in [0.4, 0.5) is 17.3 Å². The van der Waals surface area contributed by atoms with Gasteiger partial charge in [0.1, 0.15) is 11.6 Å². The minimum Gasteiger partial charge on any atom is -0.375 e. The molecular weight excluding hydrogens is 450 g/mol. The normalized spacial score (nSPS) is 23.4. The molecule has 1 aliphatic carbocycles. The number of morpholine rings is 1. The highest BCUT2D eigenvalue weighted by molar-refractivity contribution is 7.91. The number of nitrogens with one attached hydrogen (secondary N) is 2. The fourth-order valence-electron chi connectivity index (χ4n) is 4.99. The highest BCUT2D eigenvalue weighted by Gasteiger charge is 2.44. The Hall–Kier alpha value is -2.65. The van der Waals surface area contributed by atoms with Crippen molar-refractivity contribution in [2.75, 3.05) is 54.2 Å². The Labute approximate surface area is 201 Å². The van der Waals surface area contributed by atoms with E-state index in [1.807, 2.05) is 19.1 Å². The second kappa shape index (κ2) is 8.85. The number of carbonyl (C=O) groups is 1. The number of hydrogen-bond donors (Lipinski definition) is 2. The van der Waals surface area contributed by atoms with Crippen LogP contribution >= 0.6 is 0 Å². The summed E-state index contributed by atoms with van der Waals surface area (Å²) in [7, 11) is -2.88. The number of ether oxygens (including phenoxy) is 1. The molecule has 3 aliphatic rings. The van der Waals surface area contributed by atoms with E-state index in [4.69, 9.17) is 9.52 Å². The van der Waals surface area contributed by atoms with Gasteiger partial charge in [-0.2, -0.15) is 0 Å². The van der Waals surface area contributed by atoms with Crippen LogP contribution in [-0.4, -0.2) is 60.2 Å². The highest BCUT2D eigenvalue weighted by atomic mass is 32.2. The van der Waals surface area contributed by atoms with E-state index in [0.717, 1.165) is 50.5 Å². The van der Waals surface area contributed by atoms with Gasteiger partial charge in [0.2, 0.25) is 0 Å². The first kappa shape index (κ1) is 23.1. The van der Waals surface area contributed by atoms with Crippen molar-refractivity contribution in [3.63, 3.8) is 0 Å². The van der Waals surface area contributed by atoms with E-state index in [-0.39, 0.29) is 12.0 Å². The lowest BCUT2D eigenvalue weighted by Crippen LogP contribution is -2.41. The zero-order valence-electron chi connectivity index (χ0n) is 19.9. The summed E-state index contributed by atoms with van der Waals surface area (Å²) in [5.41, 5.74) is 1.78. The second-order valence-electron chi connectivity index (χ2n) is 9.97. The fourth-order valence-corrected chi connectivity index (χ4v) is 5.65. The summed E-state index contributed by atoms with van der Waals surface area (Å²) >= 11 is 0. The molecule has 3 heterocycles. The molecule has 2 saturated heterocycles. The van der Waals surface area contributed by atoms with Gasteiger partial charge in [0.15, 0.2) is 0 Å². The van der Waals surface area contributed by atoms with E-state index < -0.39 is 9.73 Å². The lowest BCUT2D eigenvalue weighted by Gasteiger charge is -2.35. The van der Waals surface area contributed by atoms with Crippen LogP contribution in [0, 0.1) is 10.2 Å². The van der Waals surface area contributed by atoms with E-state index in [9.17, 15) is 9.00 Å². The third kappa shape index (κ3) is 4.90. The maximum absolute atomic E-state index is 13.4. The predicted molar refractivity (Wildman–Crippen MR) is 134 cm³/mol. The Kier molecular flexibility index (Phi) is 6.02. The van der Waals surface area contributed by atoms with Crippen LogP contribution in [0.15, 0.2) is 41.3 Å². The standard InChI is InChI=1S/C25H33N5O3S/c1-18-17-30(14-15-33-18)23-5-3-4-22(27-23)28-24(31)20-7-6-19(34(2,26)32)16-21(20)29-12-10-25(8-9-25)11-13-29/h3-7,16,18,26H,8-15,17H2,1-2H3,(H,27,28,31)/t18-,34?/m1/s1. The van der Waals surface area contributed by atoms with E-state index in [1.165, 1.54) is 19.1 Å². The minimum absolute atomic E-state index is 0.139. The second-order valence-corrected chi connectivity index (χ2v) is 12.1.